The highest BCUT2D eigenvalue weighted by atomic mass is 16.2. The van der Waals surface area contributed by atoms with Crippen LogP contribution in [-0.4, -0.2) is 32.3 Å². The van der Waals surface area contributed by atoms with E-state index in [0.29, 0.717) is 0 Å². The molecule has 1 atom stereocenters. The minimum absolute atomic E-state index is 0.110. The van der Waals surface area contributed by atoms with Gasteiger partial charge in [0.2, 0.25) is 5.91 Å². The second-order valence-electron chi connectivity index (χ2n) is 6.77. The largest absolute Gasteiger partial charge is 0.334 e. The van der Waals surface area contributed by atoms with Crippen LogP contribution in [0.2, 0.25) is 0 Å². The standard InChI is InChI=1S/C20H22N4O/c1-14-7-5-8-16(15(14)2)18-11-6-12-23(18)20(25)13-24-19-10-4-3-9-17(19)21-22-24/h3-5,7-10,18H,6,11-13H2,1-2H3. The Balaban J connectivity index is 1.60. The summed E-state index contributed by atoms with van der Waals surface area (Å²) in [5, 5.41) is 8.30. The lowest BCUT2D eigenvalue weighted by Gasteiger charge is -2.27. The van der Waals surface area contributed by atoms with E-state index in [9.17, 15) is 4.79 Å². The van der Waals surface area contributed by atoms with Crippen molar-refractivity contribution < 1.29 is 4.79 Å². The number of likely N-dealkylation sites (tertiary alicyclic amines) is 1. The van der Waals surface area contributed by atoms with E-state index in [-0.39, 0.29) is 18.5 Å². The predicted molar refractivity (Wildman–Crippen MR) is 97.1 cm³/mol. The zero-order valence-corrected chi connectivity index (χ0v) is 14.6. The minimum atomic E-state index is 0.110. The smallest absolute Gasteiger partial charge is 0.244 e. The van der Waals surface area contributed by atoms with Crippen molar-refractivity contribution >= 4 is 16.9 Å². The number of hydrogen-bond acceptors (Lipinski definition) is 3. The molecule has 0 saturated carbocycles. The van der Waals surface area contributed by atoms with Gasteiger partial charge in [-0.1, -0.05) is 35.5 Å². The van der Waals surface area contributed by atoms with Crippen LogP contribution in [0.4, 0.5) is 0 Å². The molecular formula is C20H22N4O. The number of aryl methyl sites for hydroxylation is 1. The molecule has 1 amide bonds. The van der Waals surface area contributed by atoms with E-state index in [0.717, 1.165) is 30.4 Å². The zero-order chi connectivity index (χ0) is 17.4. The fraction of sp³-hybridized carbons (Fsp3) is 0.350. The number of para-hydroxylation sites is 1. The monoisotopic (exact) mass is 334 g/mol. The van der Waals surface area contributed by atoms with Crippen molar-refractivity contribution in [3.8, 4) is 0 Å². The van der Waals surface area contributed by atoms with Crippen LogP contribution in [0.1, 0.15) is 35.6 Å². The minimum Gasteiger partial charge on any atom is -0.334 e. The first kappa shape index (κ1) is 15.8. The van der Waals surface area contributed by atoms with Gasteiger partial charge in [0.05, 0.1) is 11.6 Å². The molecule has 3 aromatic rings. The van der Waals surface area contributed by atoms with Crippen molar-refractivity contribution in [1.82, 2.24) is 19.9 Å². The summed E-state index contributed by atoms with van der Waals surface area (Å²) in [5.41, 5.74) is 5.56. The molecule has 1 saturated heterocycles. The number of hydrogen-bond donors (Lipinski definition) is 0. The maximum atomic E-state index is 13.0. The number of amides is 1. The Morgan fingerprint density at radius 1 is 1.16 bits per heavy atom. The predicted octanol–water partition coefficient (Wildman–Crippen LogP) is 3.41. The summed E-state index contributed by atoms with van der Waals surface area (Å²) in [6.07, 6.45) is 2.07. The van der Waals surface area contributed by atoms with E-state index in [1.54, 1.807) is 4.68 Å². The van der Waals surface area contributed by atoms with E-state index in [2.05, 4.69) is 42.4 Å². The molecule has 1 aromatic heterocycles. The van der Waals surface area contributed by atoms with Crippen molar-refractivity contribution in [3.05, 3.63) is 59.2 Å². The first-order valence-electron chi connectivity index (χ1n) is 8.79. The van der Waals surface area contributed by atoms with Gasteiger partial charge in [0, 0.05) is 6.54 Å². The van der Waals surface area contributed by atoms with Crippen LogP contribution in [0.25, 0.3) is 11.0 Å². The highest BCUT2D eigenvalue weighted by Crippen LogP contribution is 2.34. The lowest BCUT2D eigenvalue weighted by Crippen LogP contribution is -2.34. The van der Waals surface area contributed by atoms with Crippen molar-refractivity contribution in [2.75, 3.05) is 6.54 Å². The molecule has 1 aliphatic rings. The number of rotatable bonds is 3. The molecule has 5 nitrogen and oxygen atoms in total. The Morgan fingerprint density at radius 3 is 2.88 bits per heavy atom. The Bertz CT molecular complexity index is 930. The van der Waals surface area contributed by atoms with Gasteiger partial charge in [-0.15, -0.1) is 5.10 Å². The molecule has 1 unspecified atom stereocenters. The molecule has 0 N–H and O–H groups in total. The van der Waals surface area contributed by atoms with E-state index >= 15 is 0 Å². The van der Waals surface area contributed by atoms with Crippen LogP contribution < -0.4 is 0 Å². The van der Waals surface area contributed by atoms with Gasteiger partial charge in [-0.25, -0.2) is 4.68 Å². The average molecular weight is 334 g/mol. The lowest BCUT2D eigenvalue weighted by molar-refractivity contribution is -0.132. The van der Waals surface area contributed by atoms with Crippen LogP contribution in [0.3, 0.4) is 0 Å². The van der Waals surface area contributed by atoms with Crippen molar-refractivity contribution in [1.29, 1.82) is 0 Å². The second-order valence-corrected chi connectivity index (χ2v) is 6.77. The molecule has 4 rings (SSSR count). The fourth-order valence-electron chi connectivity index (χ4n) is 3.78. The third-order valence-electron chi connectivity index (χ3n) is 5.28. The SMILES string of the molecule is Cc1cccc(C2CCCN2C(=O)Cn2nnc3ccccc32)c1C. The van der Waals surface area contributed by atoms with Gasteiger partial charge in [0.1, 0.15) is 12.1 Å². The number of aromatic nitrogens is 3. The van der Waals surface area contributed by atoms with Crippen LogP contribution in [-0.2, 0) is 11.3 Å². The molecule has 1 fully saturated rings. The van der Waals surface area contributed by atoms with E-state index in [4.69, 9.17) is 0 Å². The highest BCUT2D eigenvalue weighted by Gasteiger charge is 2.31. The van der Waals surface area contributed by atoms with Crippen molar-refractivity contribution in [3.63, 3.8) is 0 Å². The summed E-state index contributed by atoms with van der Waals surface area (Å²) in [6.45, 7) is 5.32. The molecule has 2 aromatic carbocycles. The van der Waals surface area contributed by atoms with Gasteiger partial charge >= 0.3 is 0 Å². The highest BCUT2D eigenvalue weighted by molar-refractivity contribution is 5.80. The first-order chi connectivity index (χ1) is 12.1. The molecule has 1 aliphatic heterocycles. The summed E-state index contributed by atoms with van der Waals surface area (Å²) in [7, 11) is 0. The third-order valence-corrected chi connectivity index (χ3v) is 5.28. The van der Waals surface area contributed by atoms with Gasteiger partial charge in [0.15, 0.2) is 0 Å². The molecule has 0 aliphatic carbocycles. The van der Waals surface area contributed by atoms with E-state index < -0.39 is 0 Å². The molecule has 0 radical (unpaired) electrons. The lowest BCUT2D eigenvalue weighted by atomic mass is 9.96. The van der Waals surface area contributed by atoms with Gasteiger partial charge in [0.25, 0.3) is 0 Å². The Labute approximate surface area is 147 Å². The maximum Gasteiger partial charge on any atom is 0.244 e. The van der Waals surface area contributed by atoms with Crippen LogP contribution in [0, 0.1) is 13.8 Å². The summed E-state index contributed by atoms with van der Waals surface area (Å²) < 4.78 is 1.70. The van der Waals surface area contributed by atoms with Crippen LogP contribution in [0.5, 0.6) is 0 Å². The van der Waals surface area contributed by atoms with Crippen LogP contribution >= 0.6 is 0 Å². The fourth-order valence-corrected chi connectivity index (χ4v) is 3.78. The van der Waals surface area contributed by atoms with Crippen LogP contribution in [0.15, 0.2) is 42.5 Å². The molecule has 5 heteroatoms. The third kappa shape index (κ3) is 2.80. The number of carbonyl (C=O) groups excluding carboxylic acids is 1. The van der Waals surface area contributed by atoms with E-state index in [1.165, 1.54) is 16.7 Å². The van der Waals surface area contributed by atoms with Gasteiger partial charge < -0.3 is 4.90 Å². The first-order valence-corrected chi connectivity index (χ1v) is 8.79. The molecule has 128 valence electrons. The topological polar surface area (TPSA) is 51.0 Å². The number of fused-ring (bicyclic) bond motifs is 1. The van der Waals surface area contributed by atoms with Gasteiger partial charge in [-0.05, 0) is 55.5 Å². The van der Waals surface area contributed by atoms with E-state index in [1.807, 2.05) is 29.2 Å². The number of nitrogens with zero attached hydrogens (tertiary/aromatic N) is 4. The summed E-state index contributed by atoms with van der Waals surface area (Å²) in [4.78, 5) is 15.0. The van der Waals surface area contributed by atoms with Gasteiger partial charge in [-0.2, -0.15) is 0 Å². The summed E-state index contributed by atoms with van der Waals surface area (Å²) in [6, 6.07) is 14.3. The Hall–Kier alpha value is -2.69. The Kier molecular flexibility index (Phi) is 3.99. The number of carbonyl (C=O) groups is 1. The molecule has 0 spiro atoms. The maximum absolute atomic E-state index is 13.0. The normalized spacial score (nSPS) is 17.4. The summed E-state index contributed by atoms with van der Waals surface area (Å²) >= 11 is 0. The average Bonchev–Trinajstić information content (AvgIpc) is 3.25. The summed E-state index contributed by atoms with van der Waals surface area (Å²) in [5.74, 6) is 0.110. The van der Waals surface area contributed by atoms with Crippen molar-refractivity contribution in [2.24, 2.45) is 0 Å². The van der Waals surface area contributed by atoms with Gasteiger partial charge in [-0.3, -0.25) is 4.79 Å². The number of benzene rings is 2. The second kappa shape index (κ2) is 6.31. The molecule has 0 bridgehead atoms. The quantitative estimate of drug-likeness (QED) is 0.737. The van der Waals surface area contributed by atoms with Crippen molar-refractivity contribution in [2.45, 2.75) is 39.3 Å². The Morgan fingerprint density at radius 2 is 2.00 bits per heavy atom. The molecule has 25 heavy (non-hydrogen) atoms. The zero-order valence-electron chi connectivity index (χ0n) is 14.6. The molecular weight excluding hydrogens is 312 g/mol. The molecule has 2 heterocycles.